The van der Waals surface area contributed by atoms with E-state index in [1.54, 1.807) is 17.0 Å². The highest BCUT2D eigenvalue weighted by atomic mass is 16.5. The van der Waals surface area contributed by atoms with Gasteiger partial charge in [-0.3, -0.25) is 14.6 Å². The lowest BCUT2D eigenvalue weighted by Crippen LogP contribution is -2.41. The predicted molar refractivity (Wildman–Crippen MR) is 110 cm³/mol. The van der Waals surface area contributed by atoms with Gasteiger partial charge in [0.05, 0.1) is 24.2 Å². The van der Waals surface area contributed by atoms with E-state index in [-0.39, 0.29) is 17.9 Å². The number of aryl methyl sites for hydroxylation is 1. The van der Waals surface area contributed by atoms with Gasteiger partial charge < -0.3 is 19.5 Å². The molecular formula is C21H23N5O3. The fraction of sp³-hybridized carbons (Fsp3) is 0.333. The molecule has 1 saturated heterocycles. The van der Waals surface area contributed by atoms with E-state index in [1.807, 2.05) is 41.3 Å². The minimum atomic E-state index is -0.174. The maximum absolute atomic E-state index is 13.2. The van der Waals surface area contributed by atoms with Gasteiger partial charge in [0.2, 0.25) is 5.91 Å². The summed E-state index contributed by atoms with van der Waals surface area (Å²) in [6.45, 7) is 3.14. The third-order valence-electron chi connectivity index (χ3n) is 4.95. The summed E-state index contributed by atoms with van der Waals surface area (Å²) in [6.07, 6.45) is 3.59. The van der Waals surface area contributed by atoms with Crippen molar-refractivity contribution in [2.24, 2.45) is 0 Å². The van der Waals surface area contributed by atoms with Crippen LogP contribution in [-0.4, -0.2) is 46.7 Å². The molecule has 1 fully saturated rings. The van der Waals surface area contributed by atoms with E-state index >= 15 is 0 Å². The SMILES string of the molecule is O=C(CCn1c(=O)c(N2CCOCC2)nc2ccccc21)NCc1ccncc1. The number of carbonyl (C=O) groups excluding carboxylic acids is 1. The number of nitrogens with zero attached hydrogens (tertiary/aromatic N) is 4. The van der Waals surface area contributed by atoms with Gasteiger partial charge in [0.25, 0.3) is 5.56 Å². The van der Waals surface area contributed by atoms with E-state index in [0.717, 1.165) is 16.6 Å². The Bertz CT molecular complexity index is 1050. The molecule has 3 aromatic rings. The monoisotopic (exact) mass is 393 g/mol. The van der Waals surface area contributed by atoms with Crippen molar-refractivity contribution in [2.75, 3.05) is 31.2 Å². The van der Waals surface area contributed by atoms with Gasteiger partial charge in [0, 0.05) is 45.0 Å². The largest absolute Gasteiger partial charge is 0.378 e. The van der Waals surface area contributed by atoms with Crippen LogP contribution in [0.3, 0.4) is 0 Å². The molecule has 2 aromatic heterocycles. The van der Waals surface area contributed by atoms with Crippen molar-refractivity contribution in [2.45, 2.75) is 19.5 Å². The van der Waals surface area contributed by atoms with Gasteiger partial charge in [-0.15, -0.1) is 0 Å². The first-order chi connectivity index (χ1) is 14.2. The van der Waals surface area contributed by atoms with Crippen molar-refractivity contribution in [3.8, 4) is 0 Å². The average molecular weight is 393 g/mol. The zero-order valence-corrected chi connectivity index (χ0v) is 16.1. The molecule has 1 N–H and O–H groups in total. The first-order valence-electron chi connectivity index (χ1n) is 9.70. The first kappa shape index (κ1) is 19.1. The van der Waals surface area contributed by atoms with E-state index in [2.05, 4.69) is 15.3 Å². The zero-order valence-electron chi connectivity index (χ0n) is 16.1. The van der Waals surface area contributed by atoms with E-state index in [4.69, 9.17) is 4.74 Å². The van der Waals surface area contributed by atoms with E-state index in [9.17, 15) is 9.59 Å². The van der Waals surface area contributed by atoms with Gasteiger partial charge in [0.1, 0.15) is 0 Å². The maximum Gasteiger partial charge on any atom is 0.294 e. The van der Waals surface area contributed by atoms with Crippen LogP contribution >= 0.6 is 0 Å². The van der Waals surface area contributed by atoms with Crippen LogP contribution in [0.2, 0.25) is 0 Å². The molecular weight excluding hydrogens is 370 g/mol. The van der Waals surface area contributed by atoms with Crippen LogP contribution in [0.5, 0.6) is 0 Å². The molecule has 3 heterocycles. The Morgan fingerprint density at radius 2 is 1.86 bits per heavy atom. The van der Waals surface area contributed by atoms with Crippen LogP contribution in [0.1, 0.15) is 12.0 Å². The van der Waals surface area contributed by atoms with Gasteiger partial charge in [-0.05, 0) is 29.8 Å². The molecule has 0 atom stereocenters. The van der Waals surface area contributed by atoms with Gasteiger partial charge in [-0.25, -0.2) is 4.98 Å². The van der Waals surface area contributed by atoms with Crippen molar-refractivity contribution < 1.29 is 9.53 Å². The minimum absolute atomic E-state index is 0.109. The zero-order chi connectivity index (χ0) is 20.1. The third kappa shape index (κ3) is 4.43. The fourth-order valence-corrected chi connectivity index (χ4v) is 3.39. The van der Waals surface area contributed by atoms with Crippen molar-refractivity contribution in [1.82, 2.24) is 19.9 Å². The van der Waals surface area contributed by atoms with Crippen molar-refractivity contribution in [3.63, 3.8) is 0 Å². The average Bonchev–Trinajstić information content (AvgIpc) is 2.78. The van der Waals surface area contributed by atoms with Crippen molar-refractivity contribution in [1.29, 1.82) is 0 Å². The number of ether oxygens (including phenoxy) is 1. The van der Waals surface area contributed by atoms with Crippen molar-refractivity contribution in [3.05, 3.63) is 64.7 Å². The summed E-state index contributed by atoms with van der Waals surface area (Å²) < 4.78 is 7.04. The van der Waals surface area contributed by atoms with Gasteiger partial charge in [-0.2, -0.15) is 0 Å². The molecule has 8 heteroatoms. The van der Waals surface area contributed by atoms with E-state index < -0.39 is 0 Å². The number of hydrogen-bond donors (Lipinski definition) is 1. The number of rotatable bonds is 6. The summed E-state index contributed by atoms with van der Waals surface area (Å²) in [5, 5.41) is 2.89. The molecule has 4 rings (SSSR count). The number of nitrogens with one attached hydrogen (secondary N) is 1. The Balaban J connectivity index is 1.53. The smallest absolute Gasteiger partial charge is 0.294 e. The lowest BCUT2D eigenvalue weighted by Gasteiger charge is -2.28. The number of morpholine rings is 1. The predicted octanol–water partition coefficient (Wildman–Crippen LogP) is 1.33. The highest BCUT2D eigenvalue weighted by molar-refractivity contribution is 5.78. The summed E-state index contributed by atoms with van der Waals surface area (Å²) in [4.78, 5) is 36.0. The first-order valence-corrected chi connectivity index (χ1v) is 9.70. The number of amides is 1. The molecule has 150 valence electrons. The van der Waals surface area contributed by atoms with Crippen LogP contribution in [0.25, 0.3) is 11.0 Å². The number of aromatic nitrogens is 3. The summed E-state index contributed by atoms with van der Waals surface area (Å²) in [5.74, 6) is 0.312. The fourth-order valence-electron chi connectivity index (χ4n) is 3.39. The number of fused-ring (bicyclic) bond motifs is 1. The van der Waals surface area contributed by atoms with Gasteiger partial charge in [-0.1, -0.05) is 12.1 Å². The van der Waals surface area contributed by atoms with E-state index in [1.165, 1.54) is 0 Å². The van der Waals surface area contributed by atoms with Crippen molar-refractivity contribution >= 4 is 22.8 Å². The molecule has 1 amide bonds. The molecule has 0 aliphatic carbocycles. The van der Waals surface area contributed by atoms with Gasteiger partial charge >= 0.3 is 0 Å². The number of benzene rings is 1. The minimum Gasteiger partial charge on any atom is -0.378 e. The summed E-state index contributed by atoms with van der Waals surface area (Å²) in [5.41, 5.74) is 2.28. The standard InChI is InChI=1S/C21H23N5O3/c27-19(23-15-16-5-8-22-9-6-16)7-10-26-18-4-2-1-3-17(18)24-20(21(26)28)25-11-13-29-14-12-25/h1-6,8-9H,7,10-15H2,(H,23,27). The number of para-hydroxylation sites is 2. The van der Waals surface area contributed by atoms with Gasteiger partial charge in [0.15, 0.2) is 5.82 Å². The molecule has 1 aliphatic rings. The molecule has 0 saturated carbocycles. The Kier molecular flexibility index (Phi) is 5.81. The lowest BCUT2D eigenvalue weighted by molar-refractivity contribution is -0.121. The molecule has 1 aromatic carbocycles. The molecule has 0 radical (unpaired) electrons. The molecule has 1 aliphatic heterocycles. The van der Waals surface area contributed by atoms with Crippen LogP contribution in [0, 0.1) is 0 Å². The number of carbonyl (C=O) groups is 1. The summed E-state index contributed by atoms with van der Waals surface area (Å²) >= 11 is 0. The Morgan fingerprint density at radius 3 is 2.66 bits per heavy atom. The normalized spacial score (nSPS) is 14.1. The topological polar surface area (TPSA) is 89.4 Å². The Morgan fingerprint density at radius 1 is 1.10 bits per heavy atom. The van der Waals surface area contributed by atoms with E-state index in [0.29, 0.717) is 45.2 Å². The Labute approximate surface area is 168 Å². The highest BCUT2D eigenvalue weighted by Gasteiger charge is 2.19. The number of anilines is 1. The maximum atomic E-state index is 13.2. The van der Waals surface area contributed by atoms with Crippen LogP contribution in [0.4, 0.5) is 5.82 Å². The highest BCUT2D eigenvalue weighted by Crippen LogP contribution is 2.16. The van der Waals surface area contributed by atoms with Crippen LogP contribution in [0.15, 0.2) is 53.6 Å². The Hall–Kier alpha value is -3.26. The third-order valence-corrected chi connectivity index (χ3v) is 4.95. The van der Waals surface area contributed by atoms with Crippen LogP contribution in [-0.2, 0) is 22.6 Å². The quantitative estimate of drug-likeness (QED) is 0.680. The van der Waals surface area contributed by atoms with Crippen LogP contribution < -0.4 is 15.8 Å². The molecule has 0 bridgehead atoms. The molecule has 29 heavy (non-hydrogen) atoms. The molecule has 0 spiro atoms. The molecule has 8 nitrogen and oxygen atoms in total. The summed E-state index contributed by atoms with van der Waals surface area (Å²) in [7, 11) is 0. The lowest BCUT2D eigenvalue weighted by atomic mass is 10.2. The number of pyridine rings is 1. The summed E-state index contributed by atoms with van der Waals surface area (Å²) in [6, 6.07) is 11.2. The molecule has 0 unspecified atom stereocenters. The number of hydrogen-bond acceptors (Lipinski definition) is 6. The second-order valence-electron chi connectivity index (χ2n) is 6.86. The second-order valence-corrected chi connectivity index (χ2v) is 6.86. The second kappa shape index (κ2) is 8.83.